The molecule has 0 saturated carbocycles. The minimum Gasteiger partial charge on any atom is -0.497 e. The fourth-order valence-corrected chi connectivity index (χ4v) is 6.07. The zero-order valence-electron chi connectivity index (χ0n) is 22.6. The van der Waals surface area contributed by atoms with E-state index in [4.69, 9.17) is 26.1 Å². The van der Waals surface area contributed by atoms with Crippen LogP contribution in [0.15, 0.2) is 47.4 Å². The fourth-order valence-electron chi connectivity index (χ4n) is 4.33. The van der Waals surface area contributed by atoms with Gasteiger partial charge in [-0.25, -0.2) is 23.2 Å². The Balaban J connectivity index is 1.58. The first-order chi connectivity index (χ1) is 19.0. The molecule has 40 heavy (non-hydrogen) atoms. The fraction of sp³-hybridized carbons (Fsp3) is 0.333. The number of rotatable bonds is 8. The standard InChI is InChI=1S/C27H30ClN5O6S/c1-5-39-26(35)24-17(2)29-27(31-25(24)19-6-8-20(38-4)9-7-19)32-12-14-33(15-13-32)40(36,37)21-10-11-23(22(28)16-21)30-18(3)34/h6-11,16H,5,12-15H2,1-4H3,(H,30,34). The highest BCUT2D eigenvalue weighted by Crippen LogP contribution is 2.30. The van der Waals surface area contributed by atoms with Gasteiger partial charge in [0.25, 0.3) is 0 Å². The van der Waals surface area contributed by atoms with E-state index in [1.807, 2.05) is 4.90 Å². The van der Waals surface area contributed by atoms with Crippen molar-refractivity contribution in [3.05, 3.63) is 58.7 Å². The molecule has 13 heteroatoms. The van der Waals surface area contributed by atoms with Gasteiger partial charge in [0, 0.05) is 38.7 Å². The van der Waals surface area contributed by atoms with Crippen LogP contribution in [0.2, 0.25) is 5.02 Å². The maximum Gasteiger partial charge on any atom is 0.342 e. The zero-order chi connectivity index (χ0) is 29.0. The Hall–Kier alpha value is -3.74. The Kier molecular flexibility index (Phi) is 8.92. The Morgan fingerprint density at radius 2 is 1.73 bits per heavy atom. The summed E-state index contributed by atoms with van der Waals surface area (Å²) in [6, 6.07) is 11.4. The van der Waals surface area contributed by atoms with Crippen molar-refractivity contribution in [3.63, 3.8) is 0 Å². The smallest absolute Gasteiger partial charge is 0.342 e. The molecule has 212 valence electrons. The molecule has 4 rings (SSSR count). The van der Waals surface area contributed by atoms with Gasteiger partial charge in [-0.05, 0) is 56.3 Å². The van der Waals surface area contributed by atoms with E-state index >= 15 is 0 Å². The van der Waals surface area contributed by atoms with Crippen LogP contribution in [0.25, 0.3) is 11.3 Å². The quantitative estimate of drug-likeness (QED) is 0.391. The number of nitrogens with zero attached hydrogens (tertiary/aromatic N) is 4. The molecule has 1 aliphatic heterocycles. The monoisotopic (exact) mass is 587 g/mol. The maximum atomic E-state index is 13.3. The van der Waals surface area contributed by atoms with E-state index in [2.05, 4.69) is 10.3 Å². The number of piperazine rings is 1. The van der Waals surface area contributed by atoms with Crippen LogP contribution >= 0.6 is 11.6 Å². The lowest BCUT2D eigenvalue weighted by molar-refractivity contribution is -0.114. The molecule has 1 fully saturated rings. The summed E-state index contributed by atoms with van der Waals surface area (Å²) in [5.74, 6) is 0.222. The van der Waals surface area contributed by atoms with E-state index in [0.29, 0.717) is 47.4 Å². The minimum absolute atomic E-state index is 0.0349. The number of amides is 1. The third-order valence-corrected chi connectivity index (χ3v) is 8.54. The van der Waals surface area contributed by atoms with Gasteiger partial charge in [0.2, 0.25) is 21.9 Å². The highest BCUT2D eigenvalue weighted by atomic mass is 35.5. The Labute approximate surface area is 238 Å². The summed E-state index contributed by atoms with van der Waals surface area (Å²) < 4.78 is 38.5. The first kappa shape index (κ1) is 29.2. The molecule has 2 heterocycles. The highest BCUT2D eigenvalue weighted by Gasteiger charge is 2.31. The Morgan fingerprint density at radius 3 is 2.30 bits per heavy atom. The summed E-state index contributed by atoms with van der Waals surface area (Å²) >= 11 is 6.21. The van der Waals surface area contributed by atoms with E-state index in [1.165, 1.54) is 29.4 Å². The molecule has 1 aliphatic rings. The number of methoxy groups -OCH3 is 1. The summed E-state index contributed by atoms with van der Waals surface area (Å²) in [6.45, 7) is 6.04. The van der Waals surface area contributed by atoms with Gasteiger partial charge in [0.05, 0.1) is 40.7 Å². The third-order valence-electron chi connectivity index (χ3n) is 6.33. The molecular formula is C27H30ClN5O6S. The lowest BCUT2D eigenvalue weighted by atomic mass is 10.0. The third kappa shape index (κ3) is 6.19. The molecule has 3 aromatic rings. The van der Waals surface area contributed by atoms with Gasteiger partial charge in [0.1, 0.15) is 11.3 Å². The van der Waals surface area contributed by atoms with Crippen LogP contribution in [-0.2, 0) is 19.6 Å². The molecule has 1 N–H and O–H groups in total. The molecule has 11 nitrogen and oxygen atoms in total. The normalized spacial score (nSPS) is 14.1. The summed E-state index contributed by atoms with van der Waals surface area (Å²) in [5.41, 5.74) is 2.18. The average Bonchev–Trinajstić information content (AvgIpc) is 2.93. The van der Waals surface area contributed by atoms with Crippen LogP contribution in [0, 0.1) is 6.92 Å². The van der Waals surface area contributed by atoms with Crippen LogP contribution in [-0.4, -0.2) is 74.5 Å². The molecule has 1 aromatic heterocycles. The lowest BCUT2D eigenvalue weighted by Gasteiger charge is -2.34. The highest BCUT2D eigenvalue weighted by molar-refractivity contribution is 7.89. The van der Waals surface area contributed by atoms with Gasteiger partial charge in [-0.2, -0.15) is 4.31 Å². The van der Waals surface area contributed by atoms with Crippen molar-refractivity contribution in [1.82, 2.24) is 14.3 Å². The van der Waals surface area contributed by atoms with Gasteiger partial charge in [0.15, 0.2) is 0 Å². The molecule has 0 unspecified atom stereocenters. The SMILES string of the molecule is CCOC(=O)c1c(C)nc(N2CCN(S(=O)(=O)c3ccc(NC(C)=O)c(Cl)c3)CC2)nc1-c1ccc(OC)cc1. The number of carbonyl (C=O) groups is 2. The van der Waals surface area contributed by atoms with Crippen LogP contribution in [0.4, 0.5) is 11.6 Å². The maximum absolute atomic E-state index is 13.3. The summed E-state index contributed by atoms with van der Waals surface area (Å²) in [7, 11) is -2.26. The van der Waals surface area contributed by atoms with Crippen molar-refractivity contribution in [2.45, 2.75) is 25.7 Å². The molecule has 0 spiro atoms. The van der Waals surface area contributed by atoms with E-state index in [9.17, 15) is 18.0 Å². The van der Waals surface area contributed by atoms with Crippen LogP contribution in [0.5, 0.6) is 5.75 Å². The number of aromatic nitrogens is 2. The first-order valence-electron chi connectivity index (χ1n) is 12.6. The van der Waals surface area contributed by atoms with Gasteiger partial charge in [-0.1, -0.05) is 11.6 Å². The average molecular weight is 588 g/mol. The van der Waals surface area contributed by atoms with Crippen molar-refractivity contribution >= 4 is 45.1 Å². The number of esters is 1. The molecular weight excluding hydrogens is 558 g/mol. The Morgan fingerprint density at radius 1 is 1.05 bits per heavy atom. The predicted octanol–water partition coefficient (Wildman–Crippen LogP) is 3.76. The number of hydrogen-bond donors (Lipinski definition) is 1. The van der Waals surface area contributed by atoms with Crippen LogP contribution in [0.1, 0.15) is 29.9 Å². The number of anilines is 2. The topological polar surface area (TPSA) is 131 Å². The first-order valence-corrected chi connectivity index (χ1v) is 14.4. The van der Waals surface area contributed by atoms with E-state index in [1.54, 1.807) is 45.2 Å². The number of sulfonamides is 1. The minimum atomic E-state index is -3.83. The molecule has 2 aromatic carbocycles. The van der Waals surface area contributed by atoms with E-state index in [0.717, 1.165) is 0 Å². The molecule has 0 bridgehead atoms. The number of aryl methyl sites for hydroxylation is 1. The number of nitrogens with one attached hydrogen (secondary N) is 1. The van der Waals surface area contributed by atoms with E-state index in [-0.39, 0.29) is 41.1 Å². The number of hydrogen-bond acceptors (Lipinski definition) is 9. The summed E-state index contributed by atoms with van der Waals surface area (Å²) in [4.78, 5) is 35.4. The summed E-state index contributed by atoms with van der Waals surface area (Å²) in [5, 5.41) is 2.70. The number of ether oxygens (including phenoxy) is 2. The van der Waals surface area contributed by atoms with Crippen molar-refractivity contribution in [1.29, 1.82) is 0 Å². The second kappa shape index (κ2) is 12.2. The van der Waals surface area contributed by atoms with E-state index < -0.39 is 16.0 Å². The Bertz CT molecular complexity index is 1520. The van der Waals surface area contributed by atoms with Crippen molar-refractivity contribution in [2.75, 3.05) is 50.1 Å². The lowest BCUT2D eigenvalue weighted by Crippen LogP contribution is -2.49. The van der Waals surface area contributed by atoms with Crippen LogP contribution < -0.4 is 15.0 Å². The molecule has 0 aliphatic carbocycles. The van der Waals surface area contributed by atoms with Crippen molar-refractivity contribution in [2.24, 2.45) is 0 Å². The number of benzene rings is 2. The molecule has 1 amide bonds. The molecule has 1 saturated heterocycles. The number of carbonyl (C=O) groups excluding carboxylic acids is 2. The number of halogens is 1. The largest absolute Gasteiger partial charge is 0.497 e. The van der Waals surface area contributed by atoms with Gasteiger partial charge < -0.3 is 19.7 Å². The van der Waals surface area contributed by atoms with Crippen LogP contribution in [0.3, 0.4) is 0 Å². The van der Waals surface area contributed by atoms with Crippen molar-refractivity contribution in [3.8, 4) is 17.0 Å². The van der Waals surface area contributed by atoms with Gasteiger partial charge >= 0.3 is 5.97 Å². The second-order valence-electron chi connectivity index (χ2n) is 9.00. The summed E-state index contributed by atoms with van der Waals surface area (Å²) in [6.07, 6.45) is 0. The van der Waals surface area contributed by atoms with Crippen molar-refractivity contribution < 1.29 is 27.5 Å². The van der Waals surface area contributed by atoms with Gasteiger partial charge in [-0.15, -0.1) is 0 Å². The predicted molar refractivity (Wildman–Crippen MR) is 151 cm³/mol. The molecule has 0 radical (unpaired) electrons. The van der Waals surface area contributed by atoms with Gasteiger partial charge in [-0.3, -0.25) is 4.79 Å². The second-order valence-corrected chi connectivity index (χ2v) is 11.3. The molecule has 0 atom stereocenters. The zero-order valence-corrected chi connectivity index (χ0v) is 24.2.